The molecule has 1 aromatic carbocycles. The van der Waals surface area contributed by atoms with Gasteiger partial charge in [0, 0.05) is 16.9 Å². The molecule has 2 aromatic rings. The van der Waals surface area contributed by atoms with E-state index in [1.807, 2.05) is 19.1 Å². The Hall–Kier alpha value is -1.13. The Labute approximate surface area is 94.8 Å². The lowest BCUT2D eigenvalue weighted by Crippen LogP contribution is -2.01. The molecule has 0 bridgehead atoms. The third-order valence-corrected chi connectivity index (χ3v) is 4.66. The molecule has 0 spiro atoms. The van der Waals surface area contributed by atoms with Crippen molar-refractivity contribution in [2.75, 3.05) is 0 Å². The van der Waals surface area contributed by atoms with Gasteiger partial charge in [0.25, 0.3) is 0 Å². The summed E-state index contributed by atoms with van der Waals surface area (Å²) >= 11 is 0. The number of benzene rings is 1. The largest absolute Gasteiger partial charge is 0.508 e. The standard InChI is InChI=1S/C11H10O2S2/c1-7-10(11(13)15-14-7)6-8-2-4-9(12)5-3-8/h2-5,12H,6H2,1H3. The summed E-state index contributed by atoms with van der Waals surface area (Å²) in [5, 5.41) is 9.13. The summed E-state index contributed by atoms with van der Waals surface area (Å²) in [6.07, 6.45) is 0.658. The van der Waals surface area contributed by atoms with Crippen molar-refractivity contribution < 1.29 is 5.11 Å². The van der Waals surface area contributed by atoms with Crippen LogP contribution in [-0.2, 0) is 6.42 Å². The summed E-state index contributed by atoms with van der Waals surface area (Å²) < 4.78 is 0.158. The van der Waals surface area contributed by atoms with E-state index < -0.39 is 0 Å². The zero-order chi connectivity index (χ0) is 10.8. The number of hydrogen-bond acceptors (Lipinski definition) is 4. The Balaban J connectivity index is 2.29. The summed E-state index contributed by atoms with van der Waals surface area (Å²) in [5.74, 6) is 0.256. The highest BCUT2D eigenvalue weighted by Crippen LogP contribution is 2.19. The fraction of sp³-hybridized carbons (Fsp3) is 0.182. The van der Waals surface area contributed by atoms with Gasteiger partial charge < -0.3 is 5.11 Å². The minimum atomic E-state index is 0.158. The monoisotopic (exact) mass is 238 g/mol. The first-order valence-electron chi connectivity index (χ1n) is 4.53. The van der Waals surface area contributed by atoms with E-state index in [0.29, 0.717) is 6.42 Å². The minimum Gasteiger partial charge on any atom is -0.508 e. The van der Waals surface area contributed by atoms with E-state index in [1.165, 1.54) is 20.7 Å². The maximum Gasteiger partial charge on any atom is 0.246 e. The van der Waals surface area contributed by atoms with Gasteiger partial charge in [-0.2, -0.15) is 0 Å². The Bertz CT molecular complexity index is 508. The molecule has 0 fully saturated rings. The molecular weight excluding hydrogens is 228 g/mol. The first-order chi connectivity index (χ1) is 7.16. The van der Waals surface area contributed by atoms with Gasteiger partial charge in [-0.05, 0) is 35.0 Å². The molecule has 1 heterocycles. The molecular formula is C11H10O2S2. The molecule has 0 aliphatic rings. The Morgan fingerprint density at radius 1 is 1.20 bits per heavy atom. The first-order valence-corrected chi connectivity index (χ1v) is 6.68. The van der Waals surface area contributed by atoms with Gasteiger partial charge in [-0.25, -0.2) is 0 Å². The van der Waals surface area contributed by atoms with Gasteiger partial charge in [0.15, 0.2) is 0 Å². The number of phenols is 1. The molecule has 4 heteroatoms. The van der Waals surface area contributed by atoms with Crippen LogP contribution in [-0.4, -0.2) is 5.11 Å². The van der Waals surface area contributed by atoms with Crippen molar-refractivity contribution in [3.05, 3.63) is 49.8 Å². The van der Waals surface area contributed by atoms with E-state index in [9.17, 15) is 4.79 Å². The van der Waals surface area contributed by atoms with Gasteiger partial charge in [0.1, 0.15) is 5.75 Å². The molecule has 0 aliphatic heterocycles. The van der Waals surface area contributed by atoms with Crippen LogP contribution in [0.4, 0.5) is 0 Å². The second-order valence-corrected chi connectivity index (χ2v) is 5.65. The van der Waals surface area contributed by atoms with Gasteiger partial charge in [-0.15, -0.1) is 0 Å². The minimum absolute atomic E-state index is 0.158. The van der Waals surface area contributed by atoms with Crippen LogP contribution >= 0.6 is 20.7 Å². The van der Waals surface area contributed by atoms with Crippen molar-refractivity contribution in [1.82, 2.24) is 0 Å². The Morgan fingerprint density at radius 3 is 2.40 bits per heavy atom. The third-order valence-electron chi connectivity index (χ3n) is 2.23. The van der Waals surface area contributed by atoms with Gasteiger partial charge in [-0.3, -0.25) is 4.79 Å². The molecule has 0 saturated carbocycles. The molecule has 0 atom stereocenters. The van der Waals surface area contributed by atoms with E-state index in [-0.39, 0.29) is 10.5 Å². The first kappa shape index (κ1) is 10.4. The van der Waals surface area contributed by atoms with Gasteiger partial charge in [0.05, 0.1) is 0 Å². The lowest BCUT2D eigenvalue weighted by atomic mass is 10.1. The molecule has 0 radical (unpaired) electrons. The molecule has 1 N–H and O–H groups in total. The van der Waals surface area contributed by atoms with Crippen LogP contribution in [0.3, 0.4) is 0 Å². The molecule has 1 aromatic heterocycles. The Kier molecular flexibility index (Phi) is 2.88. The van der Waals surface area contributed by atoms with E-state index in [4.69, 9.17) is 5.11 Å². The highest BCUT2D eigenvalue weighted by Gasteiger charge is 2.07. The summed E-state index contributed by atoms with van der Waals surface area (Å²) in [4.78, 5) is 12.6. The lowest BCUT2D eigenvalue weighted by molar-refractivity contribution is 0.475. The van der Waals surface area contributed by atoms with Crippen LogP contribution in [0.5, 0.6) is 5.75 Å². The fourth-order valence-electron chi connectivity index (χ4n) is 1.36. The summed E-state index contributed by atoms with van der Waals surface area (Å²) in [5.41, 5.74) is 1.94. The highest BCUT2D eigenvalue weighted by molar-refractivity contribution is 7.68. The maximum atomic E-state index is 11.5. The van der Waals surface area contributed by atoms with Crippen LogP contribution in [0.25, 0.3) is 0 Å². The Morgan fingerprint density at radius 2 is 1.87 bits per heavy atom. The SMILES string of the molecule is Cc1ssc(=O)c1Cc1ccc(O)cc1. The molecule has 2 rings (SSSR count). The topological polar surface area (TPSA) is 37.3 Å². The predicted molar refractivity (Wildman–Crippen MR) is 64.1 cm³/mol. The van der Waals surface area contributed by atoms with E-state index in [0.717, 1.165) is 16.0 Å². The zero-order valence-corrected chi connectivity index (χ0v) is 9.82. The van der Waals surface area contributed by atoms with Crippen LogP contribution < -0.4 is 4.74 Å². The van der Waals surface area contributed by atoms with E-state index >= 15 is 0 Å². The molecule has 0 aliphatic carbocycles. The van der Waals surface area contributed by atoms with Crippen molar-refractivity contribution >= 4 is 20.7 Å². The smallest absolute Gasteiger partial charge is 0.246 e. The van der Waals surface area contributed by atoms with Crippen LogP contribution in [0.15, 0.2) is 29.1 Å². The van der Waals surface area contributed by atoms with Crippen molar-refractivity contribution in [1.29, 1.82) is 0 Å². The van der Waals surface area contributed by atoms with Crippen LogP contribution in [0, 0.1) is 6.92 Å². The molecule has 2 nitrogen and oxygen atoms in total. The zero-order valence-electron chi connectivity index (χ0n) is 8.19. The summed E-state index contributed by atoms with van der Waals surface area (Å²) in [6.45, 7) is 1.97. The second-order valence-electron chi connectivity index (χ2n) is 3.33. The van der Waals surface area contributed by atoms with Gasteiger partial charge in [-0.1, -0.05) is 22.5 Å². The number of hydrogen-bond donors (Lipinski definition) is 1. The lowest BCUT2D eigenvalue weighted by Gasteiger charge is -1.99. The normalized spacial score (nSPS) is 10.5. The average Bonchev–Trinajstić information content (AvgIpc) is 2.53. The molecule has 0 amide bonds. The van der Waals surface area contributed by atoms with Crippen molar-refractivity contribution in [2.24, 2.45) is 0 Å². The summed E-state index contributed by atoms with van der Waals surface area (Å²) in [6, 6.07) is 6.98. The van der Waals surface area contributed by atoms with E-state index in [2.05, 4.69) is 0 Å². The number of aryl methyl sites for hydroxylation is 1. The van der Waals surface area contributed by atoms with Crippen LogP contribution in [0.1, 0.15) is 16.0 Å². The predicted octanol–water partition coefficient (Wildman–Crippen LogP) is 2.77. The second kappa shape index (κ2) is 4.16. The van der Waals surface area contributed by atoms with Crippen molar-refractivity contribution in [3.63, 3.8) is 0 Å². The average molecular weight is 238 g/mol. The third kappa shape index (κ3) is 2.27. The number of aromatic hydroxyl groups is 1. The summed E-state index contributed by atoms with van der Waals surface area (Å²) in [7, 11) is 2.82. The number of phenolic OH excluding ortho intramolecular Hbond substituents is 1. The highest BCUT2D eigenvalue weighted by atomic mass is 32.9. The van der Waals surface area contributed by atoms with Crippen molar-refractivity contribution in [3.8, 4) is 5.75 Å². The molecule has 0 unspecified atom stereocenters. The number of rotatable bonds is 2. The van der Waals surface area contributed by atoms with E-state index in [1.54, 1.807) is 12.1 Å². The quantitative estimate of drug-likeness (QED) is 0.817. The molecule has 0 saturated heterocycles. The van der Waals surface area contributed by atoms with Crippen LogP contribution in [0.2, 0.25) is 0 Å². The molecule has 15 heavy (non-hydrogen) atoms. The van der Waals surface area contributed by atoms with Crippen molar-refractivity contribution in [2.45, 2.75) is 13.3 Å². The fourth-order valence-corrected chi connectivity index (χ4v) is 3.42. The van der Waals surface area contributed by atoms with Gasteiger partial charge in [0.2, 0.25) is 4.74 Å². The maximum absolute atomic E-state index is 11.5. The van der Waals surface area contributed by atoms with Gasteiger partial charge >= 0.3 is 0 Å². The molecule has 78 valence electrons.